The van der Waals surface area contributed by atoms with Gasteiger partial charge in [-0.15, -0.1) is 0 Å². The van der Waals surface area contributed by atoms with Crippen LogP contribution in [0.25, 0.3) is 0 Å². The van der Waals surface area contributed by atoms with E-state index in [1.54, 1.807) is 0 Å². The Bertz CT molecular complexity index is 904. The molecule has 1 saturated heterocycles. The van der Waals surface area contributed by atoms with Gasteiger partial charge in [-0.1, -0.05) is 50.1 Å². The molecule has 1 aromatic heterocycles. The number of aryl methyl sites for hydroxylation is 2. The number of hydrogen-bond donors (Lipinski definition) is 1. The van der Waals surface area contributed by atoms with E-state index in [0.29, 0.717) is 5.92 Å². The molecular formula is C28H40ClN3O. The predicted molar refractivity (Wildman–Crippen MR) is 139 cm³/mol. The molecule has 2 aromatic rings. The summed E-state index contributed by atoms with van der Waals surface area (Å²) in [5, 5.41) is 10.3. The molecule has 0 atom stereocenters. The van der Waals surface area contributed by atoms with E-state index in [2.05, 4.69) is 44.0 Å². The van der Waals surface area contributed by atoms with Crippen LogP contribution in [-0.4, -0.2) is 54.0 Å². The normalized spacial score (nSPS) is 16.3. The van der Waals surface area contributed by atoms with Crippen molar-refractivity contribution >= 4 is 17.3 Å². The van der Waals surface area contributed by atoms with E-state index in [1.807, 2.05) is 24.4 Å². The lowest BCUT2D eigenvalue weighted by atomic mass is 9.87. The molecule has 1 aromatic carbocycles. The number of pyridine rings is 1. The first-order valence-corrected chi connectivity index (χ1v) is 12.8. The van der Waals surface area contributed by atoms with Gasteiger partial charge in [0.15, 0.2) is 0 Å². The van der Waals surface area contributed by atoms with Crippen molar-refractivity contribution in [3.63, 3.8) is 0 Å². The van der Waals surface area contributed by atoms with Crippen LogP contribution in [0.4, 0.5) is 0 Å². The van der Waals surface area contributed by atoms with Crippen LogP contribution >= 0.6 is 11.6 Å². The summed E-state index contributed by atoms with van der Waals surface area (Å²) in [5.41, 5.74) is 4.81. The zero-order valence-corrected chi connectivity index (χ0v) is 21.3. The predicted octanol–water partition coefficient (Wildman–Crippen LogP) is 5.84. The molecule has 33 heavy (non-hydrogen) atoms. The van der Waals surface area contributed by atoms with Crippen molar-refractivity contribution in [3.8, 4) is 0 Å². The van der Waals surface area contributed by atoms with Crippen molar-refractivity contribution in [2.24, 2.45) is 16.3 Å². The van der Waals surface area contributed by atoms with Gasteiger partial charge in [-0.25, -0.2) is 0 Å². The number of aromatic nitrogens is 1. The smallest absolute Gasteiger partial charge is 0.0874 e. The maximum atomic E-state index is 9.51. The summed E-state index contributed by atoms with van der Waals surface area (Å²) in [6.45, 7) is 7.53. The molecule has 0 radical (unpaired) electrons. The molecule has 2 heterocycles. The molecular weight excluding hydrogens is 430 g/mol. The summed E-state index contributed by atoms with van der Waals surface area (Å²) in [4.78, 5) is 12.4. The van der Waals surface area contributed by atoms with Crippen LogP contribution in [0.1, 0.15) is 62.8 Å². The van der Waals surface area contributed by atoms with Crippen molar-refractivity contribution in [3.05, 3.63) is 64.4 Å². The highest BCUT2D eigenvalue weighted by Gasteiger charge is 2.25. The zero-order valence-electron chi connectivity index (χ0n) is 20.6. The average Bonchev–Trinajstić information content (AvgIpc) is 2.81. The fourth-order valence-electron chi connectivity index (χ4n) is 4.52. The maximum absolute atomic E-state index is 9.51. The van der Waals surface area contributed by atoms with Gasteiger partial charge in [-0.2, -0.15) is 0 Å². The third-order valence-electron chi connectivity index (χ3n) is 6.78. The molecule has 1 N–H and O–H groups in total. The van der Waals surface area contributed by atoms with Crippen molar-refractivity contribution in [2.75, 3.05) is 33.3 Å². The Hall–Kier alpha value is -1.75. The minimum Gasteiger partial charge on any atom is -0.396 e. The van der Waals surface area contributed by atoms with Crippen molar-refractivity contribution < 1.29 is 5.11 Å². The first kappa shape index (κ1) is 25.9. The summed E-state index contributed by atoms with van der Waals surface area (Å²) < 4.78 is 0. The van der Waals surface area contributed by atoms with Gasteiger partial charge in [-0.05, 0) is 93.4 Å². The highest BCUT2D eigenvalue weighted by atomic mass is 35.5. The molecule has 0 amide bonds. The first-order valence-electron chi connectivity index (χ1n) is 12.4. The van der Waals surface area contributed by atoms with Crippen LogP contribution in [0.3, 0.4) is 0 Å². The number of hydrogen-bond acceptors (Lipinski definition) is 4. The van der Waals surface area contributed by atoms with Gasteiger partial charge in [0.1, 0.15) is 0 Å². The number of unbranched alkanes of at least 4 members (excludes halogenated alkanes) is 1. The molecule has 0 aliphatic carbocycles. The highest BCUT2D eigenvalue weighted by molar-refractivity contribution is 6.30. The number of nitrogens with zero attached hydrogens (tertiary/aromatic N) is 3. The molecule has 3 rings (SSSR count). The Labute approximate surface area is 205 Å². The molecule has 0 unspecified atom stereocenters. The molecule has 0 spiro atoms. The number of piperidine rings is 1. The van der Waals surface area contributed by atoms with Crippen LogP contribution in [0, 0.1) is 11.3 Å². The first-order chi connectivity index (χ1) is 15.9. The van der Waals surface area contributed by atoms with Gasteiger partial charge >= 0.3 is 0 Å². The van der Waals surface area contributed by atoms with E-state index in [0.717, 1.165) is 75.3 Å². The second-order valence-electron chi connectivity index (χ2n) is 10.3. The second kappa shape index (κ2) is 12.6. The van der Waals surface area contributed by atoms with Gasteiger partial charge in [-0.3, -0.25) is 9.98 Å². The molecule has 0 bridgehead atoms. The zero-order chi connectivity index (χ0) is 23.7. The number of likely N-dealkylation sites (tertiary alicyclic amines) is 1. The average molecular weight is 470 g/mol. The second-order valence-corrected chi connectivity index (χ2v) is 10.7. The molecule has 5 heteroatoms. The number of halogens is 1. The number of rotatable bonds is 11. The van der Waals surface area contributed by atoms with Gasteiger partial charge in [0.2, 0.25) is 0 Å². The maximum Gasteiger partial charge on any atom is 0.0874 e. The quantitative estimate of drug-likeness (QED) is 0.332. The lowest BCUT2D eigenvalue weighted by Crippen LogP contribution is -2.34. The Morgan fingerprint density at radius 1 is 1.15 bits per heavy atom. The number of aliphatic hydroxyl groups is 1. The molecule has 1 fully saturated rings. The summed E-state index contributed by atoms with van der Waals surface area (Å²) in [7, 11) is 2.20. The van der Waals surface area contributed by atoms with Gasteiger partial charge in [0.05, 0.1) is 11.4 Å². The van der Waals surface area contributed by atoms with Crippen LogP contribution in [0.2, 0.25) is 5.02 Å². The fraction of sp³-hybridized carbons (Fsp3) is 0.571. The Kier molecular flexibility index (Phi) is 9.91. The monoisotopic (exact) mass is 469 g/mol. The van der Waals surface area contributed by atoms with Crippen LogP contribution in [0.5, 0.6) is 0 Å². The Balaban J connectivity index is 1.75. The standard InChI is InChI=1S/C28H40ClN3O/c1-28(2,21-33)15-4-5-16-30-27(24-13-18-32(3)19-14-24)26-23(9-7-17-31-26)12-11-22-8-6-10-25(29)20-22/h6-10,17,20,24,33H,4-5,11-16,18-19,21H2,1-3H3. The van der Waals surface area contributed by atoms with Crippen molar-refractivity contribution in [1.29, 1.82) is 0 Å². The third-order valence-corrected chi connectivity index (χ3v) is 7.02. The van der Waals surface area contributed by atoms with Crippen molar-refractivity contribution in [1.82, 2.24) is 9.88 Å². The van der Waals surface area contributed by atoms with E-state index in [9.17, 15) is 5.11 Å². The largest absolute Gasteiger partial charge is 0.396 e. The van der Waals surface area contributed by atoms with E-state index in [-0.39, 0.29) is 12.0 Å². The van der Waals surface area contributed by atoms with Gasteiger partial charge in [0, 0.05) is 30.3 Å². The molecule has 180 valence electrons. The lowest BCUT2D eigenvalue weighted by Gasteiger charge is -2.30. The van der Waals surface area contributed by atoms with E-state index in [1.165, 1.54) is 16.8 Å². The fourth-order valence-corrected chi connectivity index (χ4v) is 4.73. The Morgan fingerprint density at radius 2 is 1.94 bits per heavy atom. The number of benzene rings is 1. The molecule has 0 saturated carbocycles. The highest BCUT2D eigenvalue weighted by Crippen LogP contribution is 2.25. The molecule has 4 nitrogen and oxygen atoms in total. The SMILES string of the molecule is CN1CCC(C(=NCCCCC(C)(C)CO)c2ncccc2CCc2cccc(Cl)c2)CC1. The summed E-state index contributed by atoms with van der Waals surface area (Å²) >= 11 is 6.19. The summed E-state index contributed by atoms with van der Waals surface area (Å²) in [5.74, 6) is 0.468. The van der Waals surface area contributed by atoms with Gasteiger partial charge < -0.3 is 10.0 Å². The lowest BCUT2D eigenvalue weighted by molar-refractivity contribution is 0.147. The third kappa shape index (κ3) is 8.20. The Morgan fingerprint density at radius 3 is 2.67 bits per heavy atom. The summed E-state index contributed by atoms with van der Waals surface area (Å²) in [6, 6.07) is 12.4. The van der Waals surface area contributed by atoms with E-state index >= 15 is 0 Å². The number of aliphatic imine (C=N–C) groups is 1. The minimum atomic E-state index is -0.00497. The van der Waals surface area contributed by atoms with Crippen molar-refractivity contribution in [2.45, 2.75) is 58.8 Å². The molecule has 1 aliphatic rings. The summed E-state index contributed by atoms with van der Waals surface area (Å²) in [6.07, 6.45) is 9.21. The van der Waals surface area contributed by atoms with Crippen LogP contribution in [0.15, 0.2) is 47.6 Å². The van der Waals surface area contributed by atoms with Crippen LogP contribution in [-0.2, 0) is 12.8 Å². The molecule has 1 aliphatic heterocycles. The van der Waals surface area contributed by atoms with E-state index in [4.69, 9.17) is 21.6 Å². The van der Waals surface area contributed by atoms with Crippen LogP contribution < -0.4 is 0 Å². The van der Waals surface area contributed by atoms with Gasteiger partial charge in [0.25, 0.3) is 0 Å². The number of aliphatic hydroxyl groups excluding tert-OH is 1. The minimum absolute atomic E-state index is 0.00497. The topological polar surface area (TPSA) is 48.7 Å². The van der Waals surface area contributed by atoms with E-state index < -0.39 is 0 Å².